The third kappa shape index (κ3) is 3.89. The van der Waals surface area contributed by atoms with Gasteiger partial charge in [0.15, 0.2) is 18.1 Å². The zero-order valence-electron chi connectivity index (χ0n) is 16.5. The van der Waals surface area contributed by atoms with Gasteiger partial charge in [0.1, 0.15) is 0 Å². The maximum absolute atomic E-state index is 12.7. The fraction of sp³-hybridized carbons (Fsp3) is 0.304. The van der Waals surface area contributed by atoms with E-state index in [0.717, 1.165) is 30.4 Å². The molecule has 0 unspecified atom stereocenters. The van der Waals surface area contributed by atoms with E-state index in [0.29, 0.717) is 16.3 Å². The Morgan fingerprint density at radius 3 is 2.53 bits per heavy atom. The van der Waals surface area contributed by atoms with Crippen molar-refractivity contribution in [1.82, 2.24) is 9.78 Å². The van der Waals surface area contributed by atoms with Crippen molar-refractivity contribution in [2.75, 3.05) is 13.2 Å². The van der Waals surface area contributed by atoms with Crippen LogP contribution >= 0.6 is 0 Å². The molecule has 0 saturated carbocycles. The first-order valence-corrected chi connectivity index (χ1v) is 10.0. The summed E-state index contributed by atoms with van der Waals surface area (Å²) < 4.78 is 6.27. The van der Waals surface area contributed by atoms with Gasteiger partial charge >= 0.3 is 5.97 Å². The number of rotatable bonds is 6. The molecule has 2 aromatic carbocycles. The third-order valence-corrected chi connectivity index (χ3v) is 5.38. The summed E-state index contributed by atoms with van der Waals surface area (Å²) in [6, 6.07) is 12.2. The largest absolute Gasteiger partial charge is 0.452 e. The summed E-state index contributed by atoms with van der Waals surface area (Å²) in [4.78, 5) is 37.7. The number of benzene rings is 2. The van der Waals surface area contributed by atoms with Crippen molar-refractivity contribution in [3.05, 3.63) is 75.2 Å². The monoisotopic (exact) mass is 406 g/mol. The Morgan fingerprint density at radius 1 is 1.03 bits per heavy atom. The summed E-state index contributed by atoms with van der Waals surface area (Å²) in [5.41, 5.74) is 2.52. The highest BCUT2D eigenvalue weighted by molar-refractivity contribution is 6.04. The first-order chi connectivity index (χ1) is 14.6. The second-order valence-corrected chi connectivity index (χ2v) is 7.34. The molecule has 1 N–H and O–H groups in total. The van der Waals surface area contributed by atoms with Crippen LogP contribution in [0.15, 0.2) is 47.3 Å². The average molecular weight is 406 g/mol. The van der Waals surface area contributed by atoms with E-state index in [1.807, 2.05) is 12.1 Å². The first-order valence-electron chi connectivity index (χ1n) is 10.0. The number of hydrogen-bond donors (Lipinski definition) is 1. The third-order valence-electron chi connectivity index (χ3n) is 5.38. The molecule has 0 fully saturated rings. The van der Waals surface area contributed by atoms with Crippen molar-refractivity contribution in [1.29, 1.82) is 0 Å². The van der Waals surface area contributed by atoms with Crippen LogP contribution in [0.3, 0.4) is 0 Å². The van der Waals surface area contributed by atoms with Gasteiger partial charge in [-0.05, 0) is 48.9 Å². The molecule has 4 rings (SSSR count). The van der Waals surface area contributed by atoms with E-state index in [9.17, 15) is 19.5 Å². The highest BCUT2D eigenvalue weighted by Gasteiger charge is 2.20. The van der Waals surface area contributed by atoms with Crippen molar-refractivity contribution in [3.63, 3.8) is 0 Å². The Bertz CT molecular complexity index is 1180. The van der Waals surface area contributed by atoms with Crippen LogP contribution in [0.25, 0.3) is 10.8 Å². The minimum Gasteiger partial charge on any atom is -0.452 e. The van der Waals surface area contributed by atoms with Gasteiger partial charge in [0.05, 0.1) is 18.5 Å². The molecule has 30 heavy (non-hydrogen) atoms. The number of carbonyl (C=O) groups is 2. The molecule has 154 valence electrons. The van der Waals surface area contributed by atoms with Crippen LogP contribution in [0.2, 0.25) is 0 Å². The molecule has 0 saturated heterocycles. The highest BCUT2D eigenvalue weighted by Crippen LogP contribution is 2.22. The van der Waals surface area contributed by atoms with Crippen LogP contribution in [-0.2, 0) is 24.1 Å². The number of aryl methyl sites for hydroxylation is 2. The Hall–Kier alpha value is -3.32. The van der Waals surface area contributed by atoms with Gasteiger partial charge in [-0.2, -0.15) is 5.10 Å². The van der Waals surface area contributed by atoms with E-state index < -0.39 is 18.1 Å². The van der Waals surface area contributed by atoms with E-state index in [1.165, 1.54) is 11.1 Å². The molecule has 1 aliphatic carbocycles. The van der Waals surface area contributed by atoms with Crippen LogP contribution in [0.5, 0.6) is 0 Å². The molecule has 7 nitrogen and oxygen atoms in total. The zero-order chi connectivity index (χ0) is 21.1. The van der Waals surface area contributed by atoms with Crippen molar-refractivity contribution in [2.45, 2.75) is 32.2 Å². The van der Waals surface area contributed by atoms with Gasteiger partial charge in [-0.1, -0.05) is 30.3 Å². The van der Waals surface area contributed by atoms with E-state index in [4.69, 9.17) is 4.74 Å². The Morgan fingerprint density at radius 2 is 1.77 bits per heavy atom. The van der Waals surface area contributed by atoms with E-state index in [1.54, 1.807) is 30.3 Å². The van der Waals surface area contributed by atoms with E-state index in [2.05, 4.69) is 5.10 Å². The molecule has 7 heteroatoms. The number of Topliss-reactive ketones (excluding diaryl/α,β-unsaturated/α-hetero) is 1. The van der Waals surface area contributed by atoms with Gasteiger partial charge in [-0.3, -0.25) is 9.59 Å². The predicted molar refractivity (Wildman–Crippen MR) is 111 cm³/mol. The molecule has 3 aromatic rings. The molecule has 1 aliphatic rings. The lowest BCUT2D eigenvalue weighted by molar-refractivity contribution is 0.0468. The summed E-state index contributed by atoms with van der Waals surface area (Å²) >= 11 is 0. The molecular formula is C23H22N2O5. The molecule has 1 heterocycles. The Kier molecular flexibility index (Phi) is 5.72. The van der Waals surface area contributed by atoms with Crippen molar-refractivity contribution in [3.8, 4) is 0 Å². The maximum Gasteiger partial charge on any atom is 0.359 e. The highest BCUT2D eigenvalue weighted by atomic mass is 16.5. The van der Waals surface area contributed by atoms with Gasteiger partial charge in [-0.15, -0.1) is 0 Å². The number of ether oxygens (including phenoxy) is 1. The first kappa shape index (κ1) is 20.0. The lowest BCUT2D eigenvalue weighted by atomic mass is 9.90. The SMILES string of the molecule is O=C(COC(=O)c1nn(CCO)c(=O)c2ccccc12)c1ccc2c(c1)CCCC2. The van der Waals surface area contributed by atoms with Gasteiger partial charge in [0, 0.05) is 10.9 Å². The topological polar surface area (TPSA) is 98.5 Å². The van der Waals surface area contributed by atoms with Crippen LogP contribution in [0.4, 0.5) is 0 Å². The Labute approximate surface area is 172 Å². The second kappa shape index (κ2) is 8.59. The number of nitrogens with zero attached hydrogens (tertiary/aromatic N) is 2. The molecule has 0 spiro atoms. The quantitative estimate of drug-likeness (QED) is 0.498. The number of aliphatic hydroxyl groups excluding tert-OH is 1. The molecule has 0 bridgehead atoms. The lowest BCUT2D eigenvalue weighted by Gasteiger charge is -2.16. The summed E-state index contributed by atoms with van der Waals surface area (Å²) in [7, 11) is 0. The molecule has 0 radical (unpaired) electrons. The molecule has 0 amide bonds. The smallest absolute Gasteiger partial charge is 0.359 e. The number of esters is 1. The number of aliphatic hydroxyl groups is 1. The number of carbonyl (C=O) groups excluding carboxylic acids is 2. The summed E-state index contributed by atoms with van der Waals surface area (Å²) in [5.74, 6) is -1.08. The molecule has 0 aliphatic heterocycles. The predicted octanol–water partition coefficient (Wildman–Crippen LogP) is 2.31. The minimum atomic E-state index is -0.788. The molecule has 1 aromatic heterocycles. The fourth-order valence-electron chi connectivity index (χ4n) is 3.82. The van der Waals surface area contributed by atoms with Gasteiger partial charge < -0.3 is 9.84 Å². The maximum atomic E-state index is 12.7. The van der Waals surface area contributed by atoms with Crippen LogP contribution in [0, 0.1) is 0 Å². The number of hydrogen-bond acceptors (Lipinski definition) is 6. The normalized spacial score (nSPS) is 13.1. The number of aromatic nitrogens is 2. The van der Waals surface area contributed by atoms with Gasteiger partial charge in [0.2, 0.25) is 0 Å². The Balaban J connectivity index is 1.55. The second-order valence-electron chi connectivity index (χ2n) is 7.34. The number of ketones is 1. The van der Waals surface area contributed by atoms with E-state index >= 15 is 0 Å². The molecule has 0 atom stereocenters. The summed E-state index contributed by atoms with van der Waals surface area (Å²) in [6.07, 6.45) is 4.26. The zero-order valence-corrected chi connectivity index (χ0v) is 16.5. The van der Waals surface area contributed by atoms with Crippen LogP contribution < -0.4 is 5.56 Å². The average Bonchev–Trinajstić information content (AvgIpc) is 2.79. The molecular weight excluding hydrogens is 384 g/mol. The van der Waals surface area contributed by atoms with Crippen molar-refractivity contribution < 1.29 is 19.4 Å². The number of fused-ring (bicyclic) bond motifs is 2. The van der Waals surface area contributed by atoms with E-state index in [-0.39, 0.29) is 24.6 Å². The summed E-state index contributed by atoms with van der Waals surface area (Å²) in [6.45, 7) is -0.749. The minimum absolute atomic E-state index is 0.0436. The fourth-order valence-corrected chi connectivity index (χ4v) is 3.82. The van der Waals surface area contributed by atoms with Crippen molar-refractivity contribution in [2.24, 2.45) is 0 Å². The van der Waals surface area contributed by atoms with Gasteiger partial charge in [-0.25, -0.2) is 9.48 Å². The van der Waals surface area contributed by atoms with Gasteiger partial charge in [0.25, 0.3) is 5.56 Å². The standard InChI is InChI=1S/C23H22N2O5/c26-12-11-25-22(28)19-8-4-3-7-18(19)21(24-25)23(29)30-14-20(27)17-10-9-15-5-1-2-6-16(15)13-17/h3-4,7-10,13,26H,1-2,5-6,11-12,14H2. The van der Waals surface area contributed by atoms with Crippen LogP contribution in [0.1, 0.15) is 44.8 Å². The van der Waals surface area contributed by atoms with Crippen molar-refractivity contribution >= 4 is 22.5 Å². The summed E-state index contributed by atoms with van der Waals surface area (Å²) in [5, 5.41) is 13.9. The lowest BCUT2D eigenvalue weighted by Crippen LogP contribution is -2.28. The van der Waals surface area contributed by atoms with Crippen LogP contribution in [-0.4, -0.2) is 39.9 Å².